The van der Waals surface area contributed by atoms with Crippen LogP contribution in [0.5, 0.6) is 0 Å². The zero-order valence-electron chi connectivity index (χ0n) is 10.2. The molecule has 1 unspecified atom stereocenters. The van der Waals surface area contributed by atoms with Crippen molar-refractivity contribution >= 4 is 0 Å². The summed E-state index contributed by atoms with van der Waals surface area (Å²) < 4.78 is 11.0. The van der Waals surface area contributed by atoms with Gasteiger partial charge >= 0.3 is 0 Å². The standard InChI is InChI=1S/C11H22O5/c1-9(2,10(3)7-16-10)15-8-11(4-12,5-13)6-14/h12-14H,4-8H2,1-3H3. The number of hydrogen-bond acceptors (Lipinski definition) is 5. The number of ether oxygens (including phenoxy) is 2. The van der Waals surface area contributed by atoms with Crippen LogP contribution in [-0.4, -0.2) is 59.6 Å². The van der Waals surface area contributed by atoms with Crippen LogP contribution < -0.4 is 0 Å². The topological polar surface area (TPSA) is 82.5 Å². The highest BCUT2D eigenvalue weighted by Gasteiger charge is 2.54. The van der Waals surface area contributed by atoms with Crippen LogP contribution in [-0.2, 0) is 9.47 Å². The van der Waals surface area contributed by atoms with Crippen LogP contribution in [0.15, 0.2) is 0 Å². The first kappa shape index (κ1) is 13.9. The van der Waals surface area contributed by atoms with E-state index in [-0.39, 0.29) is 32.0 Å². The summed E-state index contributed by atoms with van der Waals surface area (Å²) in [4.78, 5) is 0. The molecule has 0 aromatic carbocycles. The van der Waals surface area contributed by atoms with Crippen molar-refractivity contribution in [3.8, 4) is 0 Å². The van der Waals surface area contributed by atoms with Crippen molar-refractivity contribution < 1.29 is 24.8 Å². The maximum absolute atomic E-state index is 9.16. The third-order valence-corrected chi connectivity index (χ3v) is 3.60. The first-order valence-corrected chi connectivity index (χ1v) is 5.45. The first-order chi connectivity index (χ1) is 7.35. The zero-order valence-corrected chi connectivity index (χ0v) is 10.2. The van der Waals surface area contributed by atoms with Crippen molar-refractivity contribution in [1.82, 2.24) is 0 Å². The molecule has 1 aliphatic heterocycles. The molecule has 0 spiro atoms. The number of aliphatic hydroxyl groups is 3. The quantitative estimate of drug-likeness (QED) is 0.519. The molecule has 1 fully saturated rings. The lowest BCUT2D eigenvalue weighted by molar-refractivity contribution is -0.132. The number of hydrogen-bond donors (Lipinski definition) is 3. The smallest absolute Gasteiger partial charge is 0.117 e. The van der Waals surface area contributed by atoms with Gasteiger partial charge in [0.15, 0.2) is 0 Å². The molecule has 16 heavy (non-hydrogen) atoms. The molecule has 0 bridgehead atoms. The highest BCUT2D eigenvalue weighted by atomic mass is 16.6. The lowest BCUT2D eigenvalue weighted by Crippen LogP contribution is -2.46. The molecule has 0 saturated carbocycles. The maximum atomic E-state index is 9.16. The molecule has 0 radical (unpaired) electrons. The first-order valence-electron chi connectivity index (χ1n) is 5.45. The van der Waals surface area contributed by atoms with Gasteiger partial charge in [0.1, 0.15) is 5.60 Å². The summed E-state index contributed by atoms with van der Waals surface area (Å²) >= 11 is 0. The van der Waals surface area contributed by atoms with Crippen LogP contribution in [0, 0.1) is 5.41 Å². The summed E-state index contributed by atoms with van der Waals surface area (Å²) in [6.07, 6.45) is 0. The Morgan fingerprint density at radius 3 is 1.94 bits per heavy atom. The Morgan fingerprint density at radius 1 is 1.19 bits per heavy atom. The van der Waals surface area contributed by atoms with Crippen LogP contribution in [0.1, 0.15) is 20.8 Å². The van der Waals surface area contributed by atoms with Crippen molar-refractivity contribution in [2.45, 2.75) is 32.0 Å². The van der Waals surface area contributed by atoms with E-state index >= 15 is 0 Å². The van der Waals surface area contributed by atoms with E-state index in [9.17, 15) is 0 Å². The Hall–Kier alpha value is -0.200. The van der Waals surface area contributed by atoms with Gasteiger partial charge in [-0.1, -0.05) is 0 Å². The minimum Gasteiger partial charge on any atom is -0.396 e. The van der Waals surface area contributed by atoms with Gasteiger partial charge in [-0.3, -0.25) is 0 Å². The molecule has 1 heterocycles. The molecule has 5 nitrogen and oxygen atoms in total. The highest BCUT2D eigenvalue weighted by molar-refractivity contribution is 5.02. The second-order valence-electron chi connectivity index (χ2n) is 5.29. The van der Waals surface area contributed by atoms with E-state index in [4.69, 9.17) is 24.8 Å². The molecule has 0 aliphatic carbocycles. The Kier molecular flexibility index (Phi) is 3.97. The van der Waals surface area contributed by atoms with Gasteiger partial charge in [0.2, 0.25) is 0 Å². The van der Waals surface area contributed by atoms with E-state index in [1.165, 1.54) is 0 Å². The Morgan fingerprint density at radius 2 is 1.62 bits per heavy atom. The minimum atomic E-state index is -0.984. The predicted molar refractivity (Wildman–Crippen MR) is 58.1 cm³/mol. The summed E-state index contributed by atoms with van der Waals surface area (Å²) in [5, 5.41) is 27.5. The fourth-order valence-electron chi connectivity index (χ4n) is 1.23. The van der Waals surface area contributed by atoms with Gasteiger partial charge in [-0.2, -0.15) is 0 Å². The summed E-state index contributed by atoms with van der Waals surface area (Å²) in [6.45, 7) is 5.56. The molecule has 0 aromatic rings. The summed E-state index contributed by atoms with van der Waals surface area (Å²) in [6, 6.07) is 0. The van der Waals surface area contributed by atoms with E-state index in [0.29, 0.717) is 6.61 Å². The zero-order chi connectivity index (χ0) is 12.4. The lowest BCUT2D eigenvalue weighted by Gasteiger charge is -2.35. The Labute approximate surface area is 96.0 Å². The molecule has 96 valence electrons. The third kappa shape index (κ3) is 2.55. The van der Waals surface area contributed by atoms with Gasteiger partial charge in [-0.05, 0) is 20.8 Å². The molecular formula is C11H22O5. The Balaban J connectivity index is 2.55. The van der Waals surface area contributed by atoms with E-state index < -0.39 is 11.0 Å². The molecule has 1 atom stereocenters. The Bertz CT molecular complexity index is 220. The average Bonchev–Trinajstić information content (AvgIpc) is 3.01. The second kappa shape index (κ2) is 4.58. The summed E-state index contributed by atoms with van der Waals surface area (Å²) in [5.74, 6) is 0. The van der Waals surface area contributed by atoms with Crippen molar-refractivity contribution in [3.05, 3.63) is 0 Å². The third-order valence-electron chi connectivity index (χ3n) is 3.60. The maximum Gasteiger partial charge on any atom is 0.117 e. The van der Waals surface area contributed by atoms with Crippen molar-refractivity contribution in [2.24, 2.45) is 5.41 Å². The molecule has 5 heteroatoms. The van der Waals surface area contributed by atoms with Crippen molar-refractivity contribution in [2.75, 3.05) is 33.0 Å². The van der Waals surface area contributed by atoms with Crippen LogP contribution in [0.25, 0.3) is 0 Å². The van der Waals surface area contributed by atoms with Gasteiger partial charge in [0.25, 0.3) is 0 Å². The molecule has 0 amide bonds. The van der Waals surface area contributed by atoms with E-state index in [1.807, 2.05) is 20.8 Å². The monoisotopic (exact) mass is 234 g/mol. The van der Waals surface area contributed by atoms with Gasteiger partial charge in [0, 0.05) is 0 Å². The molecule has 1 rings (SSSR count). The molecule has 3 N–H and O–H groups in total. The molecule has 0 aromatic heterocycles. The number of epoxide rings is 1. The second-order valence-corrected chi connectivity index (χ2v) is 5.29. The van der Waals surface area contributed by atoms with Gasteiger partial charge in [0.05, 0.1) is 44.1 Å². The average molecular weight is 234 g/mol. The van der Waals surface area contributed by atoms with E-state index in [0.717, 1.165) is 0 Å². The van der Waals surface area contributed by atoms with Crippen molar-refractivity contribution in [1.29, 1.82) is 0 Å². The lowest BCUT2D eigenvalue weighted by atomic mass is 9.90. The fourth-order valence-corrected chi connectivity index (χ4v) is 1.23. The molecule has 1 saturated heterocycles. The van der Waals surface area contributed by atoms with Crippen LogP contribution in [0.2, 0.25) is 0 Å². The fraction of sp³-hybridized carbons (Fsp3) is 1.00. The molecule has 1 aliphatic rings. The summed E-state index contributed by atoms with van der Waals surface area (Å²) in [7, 11) is 0. The minimum absolute atomic E-state index is 0.0997. The largest absolute Gasteiger partial charge is 0.396 e. The normalized spacial score (nSPS) is 25.9. The van der Waals surface area contributed by atoms with Crippen LogP contribution in [0.3, 0.4) is 0 Å². The van der Waals surface area contributed by atoms with E-state index in [2.05, 4.69) is 0 Å². The van der Waals surface area contributed by atoms with Crippen LogP contribution in [0.4, 0.5) is 0 Å². The predicted octanol–water partition coefficient (Wildman–Crippen LogP) is -0.466. The van der Waals surface area contributed by atoms with Gasteiger partial charge in [-0.25, -0.2) is 0 Å². The molecular weight excluding hydrogens is 212 g/mol. The van der Waals surface area contributed by atoms with Crippen LogP contribution >= 0.6 is 0 Å². The van der Waals surface area contributed by atoms with Gasteiger partial charge in [-0.15, -0.1) is 0 Å². The SMILES string of the molecule is CC(C)(OCC(CO)(CO)CO)C1(C)CO1. The number of aliphatic hydroxyl groups excluding tert-OH is 3. The van der Waals surface area contributed by atoms with Gasteiger partial charge < -0.3 is 24.8 Å². The number of rotatable bonds is 7. The van der Waals surface area contributed by atoms with Crippen molar-refractivity contribution in [3.63, 3.8) is 0 Å². The van der Waals surface area contributed by atoms with E-state index in [1.54, 1.807) is 0 Å². The summed E-state index contributed by atoms with van der Waals surface area (Å²) in [5.41, 5.74) is -1.79. The highest BCUT2D eigenvalue weighted by Crippen LogP contribution is 2.40.